The molecule has 0 aliphatic carbocycles. The number of azo groups is 1. The van der Waals surface area contributed by atoms with Gasteiger partial charge in [-0.15, -0.1) is 10.2 Å². The Balaban J connectivity index is 1.92. The second kappa shape index (κ2) is 8.57. The number of aryl methyl sites for hydroxylation is 1. The Labute approximate surface area is 201 Å². The molecule has 10 nitrogen and oxygen atoms in total. The lowest BCUT2D eigenvalue weighted by atomic mass is 10.0. The molecule has 0 aromatic heterocycles. The number of hydrogen-bond acceptors (Lipinski definition) is 8. The normalized spacial score (nSPS) is 12.6. The minimum atomic E-state index is -4.89. The molecule has 35 heavy (non-hydrogen) atoms. The number of aromatic hydroxyl groups is 1. The summed E-state index contributed by atoms with van der Waals surface area (Å²) in [6.45, 7) is 1.71. The Hall–Kier alpha value is -3.58. The molecule has 4 rings (SSSR count). The summed E-state index contributed by atoms with van der Waals surface area (Å²) in [6, 6.07) is 13.3. The molecule has 0 spiro atoms. The van der Waals surface area contributed by atoms with Crippen molar-refractivity contribution in [2.75, 3.05) is 19.0 Å². The van der Waals surface area contributed by atoms with Crippen molar-refractivity contribution in [3.8, 4) is 5.75 Å². The highest BCUT2D eigenvalue weighted by Gasteiger charge is 2.23. The van der Waals surface area contributed by atoms with Gasteiger partial charge in [-0.3, -0.25) is 9.11 Å². The van der Waals surface area contributed by atoms with Crippen LogP contribution >= 0.6 is 0 Å². The average Bonchev–Trinajstić information content (AvgIpc) is 2.76. The number of phenols is 1. The number of fused-ring (bicyclic) bond motifs is 2. The van der Waals surface area contributed by atoms with E-state index in [1.54, 1.807) is 19.1 Å². The molecule has 0 radical (unpaired) electrons. The molecular weight excluding hydrogens is 494 g/mol. The summed E-state index contributed by atoms with van der Waals surface area (Å²) in [7, 11) is -5.77. The zero-order valence-electron chi connectivity index (χ0n) is 18.8. The smallest absolute Gasteiger partial charge is 0.297 e. The highest BCUT2D eigenvalue weighted by Crippen LogP contribution is 2.41. The maximum absolute atomic E-state index is 12.2. The van der Waals surface area contributed by atoms with Gasteiger partial charge in [0.2, 0.25) is 0 Å². The van der Waals surface area contributed by atoms with Gasteiger partial charge in [0.25, 0.3) is 20.2 Å². The summed E-state index contributed by atoms with van der Waals surface area (Å²) in [6.07, 6.45) is 0. The molecule has 0 fully saturated rings. The van der Waals surface area contributed by atoms with Crippen LogP contribution in [0.4, 0.5) is 17.1 Å². The van der Waals surface area contributed by atoms with Gasteiger partial charge in [-0.1, -0.05) is 18.2 Å². The zero-order valence-corrected chi connectivity index (χ0v) is 20.5. The van der Waals surface area contributed by atoms with Crippen molar-refractivity contribution >= 4 is 58.8 Å². The highest BCUT2D eigenvalue weighted by molar-refractivity contribution is 7.86. The Kier molecular flexibility index (Phi) is 6.01. The number of anilines is 1. The standard InChI is InChI=1S/C23H21N3O7S2/c1-13-11-14-12-15(26(2)3)7-8-16(14)22(27)21(13)25-24-19-10-9-17-18(23(19)35(31,32)33)5-4-6-20(17)34(28,29)30/h4-12,27H,1-3H3,(H,28,29,30)(H,31,32,33). The summed E-state index contributed by atoms with van der Waals surface area (Å²) in [5.41, 5.74) is 1.32. The zero-order chi connectivity index (χ0) is 25.7. The summed E-state index contributed by atoms with van der Waals surface area (Å²) < 4.78 is 67.2. The molecule has 182 valence electrons. The molecule has 0 aliphatic rings. The largest absolute Gasteiger partial charge is 0.505 e. The first-order chi connectivity index (χ1) is 16.3. The molecule has 0 saturated heterocycles. The van der Waals surface area contributed by atoms with Crippen molar-refractivity contribution in [2.24, 2.45) is 10.2 Å². The van der Waals surface area contributed by atoms with Crippen LogP contribution in [0.5, 0.6) is 5.75 Å². The average molecular weight is 516 g/mol. The fourth-order valence-electron chi connectivity index (χ4n) is 3.87. The van der Waals surface area contributed by atoms with Gasteiger partial charge in [0.05, 0.1) is 0 Å². The Bertz CT molecular complexity index is 1750. The van der Waals surface area contributed by atoms with Crippen molar-refractivity contribution in [3.05, 3.63) is 60.2 Å². The topological polar surface area (TPSA) is 157 Å². The van der Waals surface area contributed by atoms with Crippen molar-refractivity contribution in [2.45, 2.75) is 16.7 Å². The maximum atomic E-state index is 12.2. The van der Waals surface area contributed by atoms with Crippen LogP contribution in [0.15, 0.2) is 74.6 Å². The first-order valence-corrected chi connectivity index (χ1v) is 13.0. The molecule has 0 heterocycles. The van der Waals surface area contributed by atoms with Gasteiger partial charge < -0.3 is 10.0 Å². The van der Waals surface area contributed by atoms with Gasteiger partial charge in [-0.2, -0.15) is 16.8 Å². The van der Waals surface area contributed by atoms with Gasteiger partial charge in [0.15, 0.2) is 5.75 Å². The van der Waals surface area contributed by atoms with Crippen LogP contribution in [-0.2, 0) is 20.2 Å². The van der Waals surface area contributed by atoms with Crippen molar-refractivity contribution in [1.29, 1.82) is 0 Å². The first kappa shape index (κ1) is 24.5. The minimum absolute atomic E-state index is 0.100. The van der Waals surface area contributed by atoms with E-state index < -0.39 is 30.0 Å². The number of phenolic OH excluding ortho intramolecular Hbond substituents is 1. The minimum Gasteiger partial charge on any atom is -0.505 e. The van der Waals surface area contributed by atoms with E-state index >= 15 is 0 Å². The molecular formula is C23H21N3O7S2. The Morgan fingerprint density at radius 1 is 0.800 bits per heavy atom. The summed E-state index contributed by atoms with van der Waals surface area (Å²) in [5, 5.41) is 19.8. The molecule has 0 amide bonds. The monoisotopic (exact) mass is 515 g/mol. The third-order valence-electron chi connectivity index (χ3n) is 5.52. The Morgan fingerprint density at radius 3 is 2.11 bits per heavy atom. The molecule has 4 aromatic carbocycles. The lowest BCUT2D eigenvalue weighted by molar-refractivity contribution is 0.481. The van der Waals surface area contributed by atoms with Gasteiger partial charge in [0.1, 0.15) is 21.2 Å². The summed E-state index contributed by atoms with van der Waals surface area (Å²) in [5.74, 6) is -0.156. The molecule has 4 aromatic rings. The lowest BCUT2D eigenvalue weighted by Crippen LogP contribution is -2.08. The van der Waals surface area contributed by atoms with Crippen LogP contribution in [-0.4, -0.2) is 45.1 Å². The summed E-state index contributed by atoms with van der Waals surface area (Å²) >= 11 is 0. The Morgan fingerprint density at radius 2 is 1.49 bits per heavy atom. The van der Waals surface area contributed by atoms with E-state index in [0.29, 0.717) is 10.9 Å². The van der Waals surface area contributed by atoms with Gasteiger partial charge in [-0.05, 0) is 54.3 Å². The van der Waals surface area contributed by atoms with E-state index in [2.05, 4.69) is 10.2 Å². The van der Waals surface area contributed by atoms with Crippen LogP contribution in [0.2, 0.25) is 0 Å². The SMILES string of the molecule is Cc1cc2cc(N(C)C)ccc2c(O)c1N=Nc1ccc2c(S(=O)(=O)O)cccc2c1S(=O)(=O)O. The van der Waals surface area contributed by atoms with Crippen LogP contribution in [0, 0.1) is 6.92 Å². The van der Waals surface area contributed by atoms with Crippen LogP contribution < -0.4 is 4.90 Å². The van der Waals surface area contributed by atoms with E-state index in [1.165, 1.54) is 18.2 Å². The number of rotatable bonds is 5. The molecule has 0 saturated carbocycles. The van der Waals surface area contributed by atoms with E-state index in [4.69, 9.17) is 0 Å². The predicted octanol–water partition coefficient (Wildman–Crippen LogP) is 4.98. The van der Waals surface area contributed by atoms with E-state index in [1.807, 2.05) is 31.1 Å². The molecule has 0 bridgehead atoms. The van der Waals surface area contributed by atoms with Crippen molar-refractivity contribution < 1.29 is 31.0 Å². The number of benzene rings is 4. The highest BCUT2D eigenvalue weighted by atomic mass is 32.2. The quantitative estimate of drug-likeness (QED) is 0.248. The summed E-state index contributed by atoms with van der Waals surface area (Å²) in [4.78, 5) is 0.713. The third-order valence-corrected chi connectivity index (χ3v) is 7.38. The van der Waals surface area contributed by atoms with Gasteiger partial charge >= 0.3 is 0 Å². The van der Waals surface area contributed by atoms with E-state index in [-0.39, 0.29) is 27.9 Å². The van der Waals surface area contributed by atoms with Gasteiger partial charge in [0, 0.05) is 35.9 Å². The van der Waals surface area contributed by atoms with Crippen molar-refractivity contribution in [3.63, 3.8) is 0 Å². The van der Waals surface area contributed by atoms with Crippen LogP contribution in [0.3, 0.4) is 0 Å². The fourth-order valence-corrected chi connectivity index (χ4v) is 5.41. The molecule has 12 heteroatoms. The molecule has 0 aliphatic heterocycles. The van der Waals surface area contributed by atoms with Crippen molar-refractivity contribution in [1.82, 2.24) is 0 Å². The molecule has 0 unspecified atom stereocenters. The first-order valence-electron chi connectivity index (χ1n) is 10.1. The lowest BCUT2D eigenvalue weighted by Gasteiger charge is -2.14. The number of nitrogens with zero attached hydrogens (tertiary/aromatic N) is 3. The van der Waals surface area contributed by atoms with Crippen LogP contribution in [0.1, 0.15) is 5.56 Å². The van der Waals surface area contributed by atoms with Gasteiger partial charge in [-0.25, -0.2) is 0 Å². The van der Waals surface area contributed by atoms with E-state index in [9.17, 15) is 31.0 Å². The third kappa shape index (κ3) is 4.56. The van der Waals surface area contributed by atoms with E-state index in [0.717, 1.165) is 23.2 Å². The maximum Gasteiger partial charge on any atom is 0.297 e. The number of hydrogen-bond donors (Lipinski definition) is 3. The molecule has 0 atom stereocenters. The molecule has 3 N–H and O–H groups in total. The predicted molar refractivity (Wildman–Crippen MR) is 132 cm³/mol. The fraction of sp³-hybridized carbons (Fsp3) is 0.130. The second-order valence-electron chi connectivity index (χ2n) is 8.11. The van der Waals surface area contributed by atoms with Crippen LogP contribution in [0.25, 0.3) is 21.5 Å². The second-order valence-corrected chi connectivity index (χ2v) is 10.9.